The van der Waals surface area contributed by atoms with Gasteiger partial charge in [-0.1, -0.05) is 0 Å². The summed E-state index contributed by atoms with van der Waals surface area (Å²) in [6.07, 6.45) is 2.48. The van der Waals surface area contributed by atoms with Crippen LogP contribution < -0.4 is 5.32 Å². The molecule has 1 aromatic heterocycles. The molecule has 0 saturated heterocycles. The van der Waals surface area contributed by atoms with E-state index in [0.29, 0.717) is 5.56 Å². The average molecular weight is 342 g/mol. The number of hydrogen-bond acceptors (Lipinski definition) is 2. The minimum Gasteiger partial charge on any atom is -0.319 e. The van der Waals surface area contributed by atoms with Gasteiger partial charge in [0.05, 0.1) is 11.9 Å². The SMILES string of the molecule is O=C(Nc1ccncc1F)c1ccc(I)cc1. The molecule has 1 amide bonds. The van der Waals surface area contributed by atoms with E-state index in [4.69, 9.17) is 0 Å². The lowest BCUT2D eigenvalue weighted by molar-refractivity contribution is 0.102. The van der Waals surface area contributed by atoms with Crippen LogP contribution in [-0.4, -0.2) is 10.9 Å². The van der Waals surface area contributed by atoms with Crippen molar-refractivity contribution < 1.29 is 9.18 Å². The van der Waals surface area contributed by atoms with E-state index in [9.17, 15) is 9.18 Å². The molecule has 0 radical (unpaired) electrons. The summed E-state index contributed by atoms with van der Waals surface area (Å²) in [6, 6.07) is 8.43. The number of nitrogens with zero attached hydrogens (tertiary/aromatic N) is 1. The van der Waals surface area contributed by atoms with Gasteiger partial charge in [0.1, 0.15) is 0 Å². The van der Waals surface area contributed by atoms with Crippen molar-refractivity contribution in [2.75, 3.05) is 5.32 Å². The molecule has 0 bridgehead atoms. The number of pyridine rings is 1. The summed E-state index contributed by atoms with van der Waals surface area (Å²) in [7, 11) is 0. The molecule has 17 heavy (non-hydrogen) atoms. The van der Waals surface area contributed by atoms with Crippen molar-refractivity contribution in [2.24, 2.45) is 0 Å². The van der Waals surface area contributed by atoms with Crippen LogP contribution in [-0.2, 0) is 0 Å². The quantitative estimate of drug-likeness (QED) is 0.853. The zero-order chi connectivity index (χ0) is 12.3. The van der Waals surface area contributed by atoms with Crippen LogP contribution in [0.3, 0.4) is 0 Å². The number of carbonyl (C=O) groups is 1. The first kappa shape index (κ1) is 12.0. The molecule has 1 heterocycles. The van der Waals surface area contributed by atoms with Gasteiger partial charge in [0, 0.05) is 15.3 Å². The maximum Gasteiger partial charge on any atom is 0.255 e. The second-order valence-electron chi connectivity index (χ2n) is 3.32. The third-order valence-corrected chi connectivity index (χ3v) is 2.85. The molecule has 0 unspecified atom stereocenters. The molecule has 2 rings (SSSR count). The second kappa shape index (κ2) is 5.22. The van der Waals surface area contributed by atoms with Gasteiger partial charge in [-0.2, -0.15) is 0 Å². The van der Waals surface area contributed by atoms with E-state index >= 15 is 0 Å². The van der Waals surface area contributed by atoms with Gasteiger partial charge >= 0.3 is 0 Å². The van der Waals surface area contributed by atoms with Gasteiger partial charge in [-0.3, -0.25) is 9.78 Å². The number of nitrogens with one attached hydrogen (secondary N) is 1. The summed E-state index contributed by atoms with van der Waals surface area (Å²) in [5, 5.41) is 2.49. The molecule has 0 aliphatic heterocycles. The van der Waals surface area contributed by atoms with Gasteiger partial charge in [0.25, 0.3) is 5.91 Å². The highest BCUT2D eigenvalue weighted by Crippen LogP contribution is 2.13. The van der Waals surface area contributed by atoms with Crippen LogP contribution in [0, 0.1) is 9.39 Å². The van der Waals surface area contributed by atoms with Crippen molar-refractivity contribution in [3.05, 3.63) is 57.7 Å². The monoisotopic (exact) mass is 342 g/mol. The highest BCUT2D eigenvalue weighted by Gasteiger charge is 2.08. The van der Waals surface area contributed by atoms with Crippen molar-refractivity contribution >= 4 is 34.2 Å². The van der Waals surface area contributed by atoms with Crippen molar-refractivity contribution in [3.63, 3.8) is 0 Å². The molecular weight excluding hydrogens is 334 g/mol. The maximum absolute atomic E-state index is 13.3. The Bertz CT molecular complexity index is 542. The van der Waals surface area contributed by atoms with Crippen molar-refractivity contribution in [1.29, 1.82) is 0 Å². The van der Waals surface area contributed by atoms with E-state index in [-0.39, 0.29) is 11.6 Å². The molecule has 1 aromatic carbocycles. The van der Waals surface area contributed by atoms with Gasteiger partial charge in [-0.15, -0.1) is 0 Å². The van der Waals surface area contributed by atoms with Gasteiger partial charge in [-0.05, 0) is 52.9 Å². The van der Waals surface area contributed by atoms with Crippen LogP contribution >= 0.6 is 22.6 Å². The summed E-state index contributed by atoms with van der Waals surface area (Å²) in [5.74, 6) is -0.891. The number of hydrogen-bond donors (Lipinski definition) is 1. The third kappa shape index (κ3) is 3.00. The highest BCUT2D eigenvalue weighted by atomic mass is 127. The van der Waals surface area contributed by atoms with Gasteiger partial charge in [0.15, 0.2) is 5.82 Å². The average Bonchev–Trinajstić information content (AvgIpc) is 2.33. The first-order chi connectivity index (χ1) is 8.16. The van der Waals surface area contributed by atoms with E-state index in [1.54, 1.807) is 12.1 Å². The molecule has 0 fully saturated rings. The van der Waals surface area contributed by atoms with Gasteiger partial charge < -0.3 is 5.32 Å². The number of benzene rings is 1. The van der Waals surface area contributed by atoms with Crippen LogP contribution in [0.5, 0.6) is 0 Å². The molecule has 0 aliphatic rings. The fraction of sp³-hybridized carbons (Fsp3) is 0. The summed E-state index contributed by atoms with van der Waals surface area (Å²) < 4.78 is 14.3. The molecule has 0 saturated carbocycles. The number of anilines is 1. The van der Waals surface area contributed by atoms with Gasteiger partial charge in [-0.25, -0.2) is 4.39 Å². The van der Waals surface area contributed by atoms with E-state index in [0.717, 1.165) is 9.77 Å². The van der Waals surface area contributed by atoms with Gasteiger partial charge in [0.2, 0.25) is 0 Å². The molecule has 2 aromatic rings. The lowest BCUT2D eigenvalue weighted by Gasteiger charge is -2.05. The number of halogens is 2. The Labute approximate surface area is 111 Å². The summed E-state index contributed by atoms with van der Waals surface area (Å²) in [4.78, 5) is 15.4. The van der Waals surface area contributed by atoms with E-state index in [2.05, 4.69) is 32.9 Å². The Hall–Kier alpha value is -1.50. The summed E-state index contributed by atoms with van der Waals surface area (Å²) >= 11 is 2.15. The molecule has 86 valence electrons. The molecule has 0 atom stereocenters. The lowest BCUT2D eigenvalue weighted by Crippen LogP contribution is -2.12. The zero-order valence-corrected chi connectivity index (χ0v) is 10.8. The van der Waals surface area contributed by atoms with Crippen molar-refractivity contribution in [1.82, 2.24) is 4.98 Å². The second-order valence-corrected chi connectivity index (χ2v) is 4.56. The van der Waals surface area contributed by atoms with Crippen molar-refractivity contribution in [2.45, 2.75) is 0 Å². The standard InChI is InChI=1S/C12H8FIN2O/c13-10-7-15-6-5-11(10)16-12(17)8-1-3-9(14)4-2-8/h1-7H,(H,15,16,17). The predicted molar refractivity (Wildman–Crippen MR) is 71.3 cm³/mol. The fourth-order valence-corrected chi connectivity index (χ4v) is 1.63. The molecule has 0 aliphatic carbocycles. The smallest absolute Gasteiger partial charge is 0.255 e. The summed E-state index contributed by atoms with van der Waals surface area (Å²) in [5.41, 5.74) is 0.616. The zero-order valence-electron chi connectivity index (χ0n) is 8.65. The molecule has 3 nitrogen and oxygen atoms in total. The Balaban J connectivity index is 2.17. The molecular formula is C12H8FIN2O. The van der Waals surface area contributed by atoms with Crippen LogP contribution in [0.2, 0.25) is 0 Å². The van der Waals surface area contributed by atoms with E-state index in [1.807, 2.05) is 12.1 Å². The Morgan fingerprint density at radius 2 is 1.94 bits per heavy atom. The maximum atomic E-state index is 13.3. The highest BCUT2D eigenvalue weighted by molar-refractivity contribution is 14.1. The summed E-state index contributed by atoms with van der Waals surface area (Å²) in [6.45, 7) is 0. The predicted octanol–water partition coefficient (Wildman–Crippen LogP) is 3.08. The Kier molecular flexibility index (Phi) is 3.68. The van der Waals surface area contributed by atoms with Crippen LogP contribution in [0.4, 0.5) is 10.1 Å². The first-order valence-corrected chi connectivity index (χ1v) is 5.91. The Morgan fingerprint density at radius 1 is 1.24 bits per heavy atom. The van der Waals surface area contributed by atoms with E-state index in [1.165, 1.54) is 12.3 Å². The van der Waals surface area contributed by atoms with Crippen LogP contribution in [0.15, 0.2) is 42.7 Å². The third-order valence-electron chi connectivity index (χ3n) is 2.13. The van der Waals surface area contributed by atoms with Crippen molar-refractivity contribution in [3.8, 4) is 0 Å². The lowest BCUT2D eigenvalue weighted by atomic mass is 10.2. The first-order valence-electron chi connectivity index (χ1n) is 4.83. The number of carbonyl (C=O) groups excluding carboxylic acids is 1. The topological polar surface area (TPSA) is 42.0 Å². The minimum atomic E-state index is -0.550. The molecule has 0 spiro atoms. The minimum absolute atomic E-state index is 0.128. The number of rotatable bonds is 2. The molecule has 1 N–H and O–H groups in total. The number of aromatic nitrogens is 1. The fourth-order valence-electron chi connectivity index (χ4n) is 1.27. The Morgan fingerprint density at radius 3 is 2.59 bits per heavy atom. The van der Waals surface area contributed by atoms with E-state index < -0.39 is 5.82 Å². The van der Waals surface area contributed by atoms with Crippen LogP contribution in [0.25, 0.3) is 0 Å². The number of amides is 1. The van der Waals surface area contributed by atoms with Crippen LogP contribution in [0.1, 0.15) is 10.4 Å². The largest absolute Gasteiger partial charge is 0.319 e. The normalized spacial score (nSPS) is 10.0. The molecule has 5 heteroatoms.